The van der Waals surface area contributed by atoms with E-state index in [4.69, 9.17) is 0 Å². The molecule has 0 saturated heterocycles. The molecule has 0 spiro atoms. The standard InChI is InChI=1S/C19H27N3O2/c1-19(2,18(24)22-14-16-10-6-7-12-20-16)17(23)21-13-11-15-8-4-3-5-9-15/h6-8,10,12H,3-5,9,11,13-14H2,1-2H3,(H,21,23)(H,22,24). The summed E-state index contributed by atoms with van der Waals surface area (Å²) in [4.78, 5) is 28.8. The van der Waals surface area contributed by atoms with Gasteiger partial charge in [-0.1, -0.05) is 17.7 Å². The van der Waals surface area contributed by atoms with Crippen LogP contribution in [0.4, 0.5) is 0 Å². The summed E-state index contributed by atoms with van der Waals surface area (Å²) < 4.78 is 0. The van der Waals surface area contributed by atoms with Crippen LogP contribution in [0.25, 0.3) is 0 Å². The molecule has 0 saturated carbocycles. The van der Waals surface area contributed by atoms with Gasteiger partial charge in [0.1, 0.15) is 5.41 Å². The molecule has 130 valence electrons. The number of hydrogen-bond donors (Lipinski definition) is 2. The van der Waals surface area contributed by atoms with Crippen molar-refractivity contribution >= 4 is 11.8 Å². The quantitative estimate of drug-likeness (QED) is 0.597. The second-order valence-corrected chi connectivity index (χ2v) is 6.74. The molecule has 0 fully saturated rings. The van der Waals surface area contributed by atoms with Gasteiger partial charge in [0.15, 0.2) is 0 Å². The maximum absolute atomic E-state index is 12.4. The van der Waals surface area contributed by atoms with Crippen LogP contribution in [0.2, 0.25) is 0 Å². The number of nitrogens with one attached hydrogen (secondary N) is 2. The summed E-state index contributed by atoms with van der Waals surface area (Å²) in [6, 6.07) is 5.53. The van der Waals surface area contributed by atoms with Gasteiger partial charge in [0.2, 0.25) is 11.8 Å². The summed E-state index contributed by atoms with van der Waals surface area (Å²) in [5.41, 5.74) is 1.08. The molecular formula is C19H27N3O2. The SMILES string of the molecule is CC(C)(C(=O)NCCC1=CCCCC1)C(=O)NCc1ccccn1. The third kappa shape index (κ3) is 5.18. The van der Waals surface area contributed by atoms with Gasteiger partial charge in [-0.05, 0) is 58.1 Å². The Balaban J connectivity index is 1.78. The number of aromatic nitrogens is 1. The van der Waals surface area contributed by atoms with E-state index in [0.717, 1.165) is 25.0 Å². The lowest BCUT2D eigenvalue weighted by molar-refractivity contribution is -0.141. The minimum absolute atomic E-state index is 0.238. The third-order valence-electron chi connectivity index (χ3n) is 4.41. The van der Waals surface area contributed by atoms with Crippen LogP contribution < -0.4 is 10.6 Å². The summed E-state index contributed by atoms with van der Waals surface area (Å²) in [7, 11) is 0. The summed E-state index contributed by atoms with van der Waals surface area (Å²) >= 11 is 0. The van der Waals surface area contributed by atoms with Gasteiger partial charge in [0, 0.05) is 12.7 Å². The van der Waals surface area contributed by atoms with E-state index in [-0.39, 0.29) is 11.8 Å². The molecule has 1 aliphatic rings. The van der Waals surface area contributed by atoms with E-state index < -0.39 is 5.41 Å². The Kier molecular flexibility index (Phi) is 6.53. The number of hydrogen-bond acceptors (Lipinski definition) is 3. The van der Waals surface area contributed by atoms with Gasteiger partial charge in [-0.25, -0.2) is 0 Å². The van der Waals surface area contributed by atoms with Crippen LogP contribution >= 0.6 is 0 Å². The van der Waals surface area contributed by atoms with Crippen molar-refractivity contribution in [1.82, 2.24) is 15.6 Å². The predicted molar refractivity (Wildman–Crippen MR) is 94.0 cm³/mol. The fourth-order valence-electron chi connectivity index (χ4n) is 2.69. The normalized spacial score (nSPS) is 14.7. The molecule has 2 amide bonds. The van der Waals surface area contributed by atoms with Crippen LogP contribution in [0.15, 0.2) is 36.0 Å². The first-order chi connectivity index (χ1) is 11.5. The Morgan fingerprint density at radius 3 is 2.62 bits per heavy atom. The molecule has 1 aromatic rings. The Bertz CT molecular complexity index is 594. The highest BCUT2D eigenvalue weighted by atomic mass is 16.2. The van der Waals surface area contributed by atoms with Crippen molar-refractivity contribution in [2.24, 2.45) is 5.41 Å². The lowest BCUT2D eigenvalue weighted by Gasteiger charge is -2.23. The van der Waals surface area contributed by atoms with Crippen molar-refractivity contribution in [3.8, 4) is 0 Å². The summed E-state index contributed by atoms with van der Waals surface area (Å²) in [6.45, 7) is 4.21. The predicted octanol–water partition coefficient (Wildman–Crippen LogP) is 2.73. The van der Waals surface area contributed by atoms with Gasteiger partial charge < -0.3 is 10.6 Å². The Morgan fingerprint density at radius 2 is 1.96 bits per heavy atom. The summed E-state index contributed by atoms with van der Waals surface area (Å²) in [5.74, 6) is -0.528. The monoisotopic (exact) mass is 329 g/mol. The lowest BCUT2D eigenvalue weighted by atomic mass is 9.90. The van der Waals surface area contributed by atoms with E-state index in [2.05, 4.69) is 21.7 Å². The zero-order chi connectivity index (χ0) is 17.4. The van der Waals surface area contributed by atoms with E-state index in [1.54, 1.807) is 20.0 Å². The van der Waals surface area contributed by atoms with Crippen molar-refractivity contribution in [1.29, 1.82) is 0 Å². The molecule has 1 heterocycles. The van der Waals surface area contributed by atoms with Crippen molar-refractivity contribution in [3.63, 3.8) is 0 Å². The molecule has 2 N–H and O–H groups in total. The molecule has 1 aromatic heterocycles. The van der Waals surface area contributed by atoms with Crippen LogP contribution in [0, 0.1) is 5.41 Å². The van der Waals surface area contributed by atoms with Crippen LogP contribution in [0.1, 0.15) is 51.6 Å². The average Bonchev–Trinajstić information content (AvgIpc) is 2.61. The van der Waals surface area contributed by atoms with E-state index >= 15 is 0 Å². The molecule has 2 rings (SSSR count). The second-order valence-electron chi connectivity index (χ2n) is 6.74. The van der Waals surface area contributed by atoms with Gasteiger partial charge in [0.25, 0.3) is 0 Å². The highest BCUT2D eigenvalue weighted by Gasteiger charge is 2.35. The summed E-state index contributed by atoms with van der Waals surface area (Å²) in [6.07, 6.45) is 9.60. The number of amides is 2. The Labute approximate surface area is 143 Å². The third-order valence-corrected chi connectivity index (χ3v) is 4.41. The fourth-order valence-corrected chi connectivity index (χ4v) is 2.69. The molecule has 5 nitrogen and oxygen atoms in total. The van der Waals surface area contributed by atoms with Crippen LogP contribution in [0.3, 0.4) is 0 Å². The molecule has 0 radical (unpaired) electrons. The van der Waals surface area contributed by atoms with Gasteiger partial charge in [-0.15, -0.1) is 0 Å². The van der Waals surface area contributed by atoms with Crippen molar-refractivity contribution in [2.75, 3.05) is 6.54 Å². The number of carbonyl (C=O) groups excluding carboxylic acids is 2. The second kappa shape index (κ2) is 8.62. The lowest BCUT2D eigenvalue weighted by Crippen LogP contribution is -2.47. The number of allylic oxidation sites excluding steroid dienone is 1. The zero-order valence-corrected chi connectivity index (χ0v) is 14.6. The molecular weight excluding hydrogens is 302 g/mol. The summed E-state index contributed by atoms with van der Waals surface area (Å²) in [5, 5.41) is 5.68. The van der Waals surface area contributed by atoms with Crippen LogP contribution in [-0.4, -0.2) is 23.3 Å². The van der Waals surface area contributed by atoms with Crippen molar-refractivity contribution in [2.45, 2.75) is 52.5 Å². The first-order valence-electron chi connectivity index (χ1n) is 8.64. The molecule has 0 aliphatic heterocycles. The Hall–Kier alpha value is -2.17. The first kappa shape index (κ1) is 18.2. The van der Waals surface area contributed by atoms with Gasteiger partial charge in [-0.3, -0.25) is 14.6 Å². The average molecular weight is 329 g/mol. The van der Waals surface area contributed by atoms with Crippen LogP contribution in [0.5, 0.6) is 0 Å². The minimum atomic E-state index is -1.10. The Morgan fingerprint density at radius 1 is 1.17 bits per heavy atom. The fraction of sp³-hybridized carbons (Fsp3) is 0.526. The molecule has 0 bridgehead atoms. The molecule has 24 heavy (non-hydrogen) atoms. The molecule has 5 heteroatoms. The van der Waals surface area contributed by atoms with E-state index in [9.17, 15) is 9.59 Å². The first-order valence-corrected chi connectivity index (χ1v) is 8.64. The number of carbonyl (C=O) groups is 2. The largest absolute Gasteiger partial charge is 0.355 e. The maximum Gasteiger partial charge on any atom is 0.235 e. The highest BCUT2D eigenvalue weighted by molar-refractivity contribution is 6.04. The van der Waals surface area contributed by atoms with E-state index in [1.807, 2.05) is 18.2 Å². The van der Waals surface area contributed by atoms with Gasteiger partial charge in [0.05, 0.1) is 12.2 Å². The molecule has 0 aromatic carbocycles. The highest BCUT2D eigenvalue weighted by Crippen LogP contribution is 2.20. The van der Waals surface area contributed by atoms with Crippen molar-refractivity contribution in [3.05, 3.63) is 41.7 Å². The maximum atomic E-state index is 12.4. The topological polar surface area (TPSA) is 71.1 Å². The van der Waals surface area contributed by atoms with Gasteiger partial charge >= 0.3 is 0 Å². The smallest absolute Gasteiger partial charge is 0.235 e. The van der Waals surface area contributed by atoms with Crippen molar-refractivity contribution < 1.29 is 9.59 Å². The van der Waals surface area contributed by atoms with Crippen LogP contribution in [-0.2, 0) is 16.1 Å². The van der Waals surface area contributed by atoms with E-state index in [0.29, 0.717) is 13.1 Å². The molecule has 0 atom stereocenters. The van der Waals surface area contributed by atoms with E-state index in [1.165, 1.54) is 18.4 Å². The molecule has 1 aliphatic carbocycles. The molecule has 0 unspecified atom stereocenters. The number of nitrogens with zero attached hydrogens (tertiary/aromatic N) is 1. The van der Waals surface area contributed by atoms with Gasteiger partial charge in [-0.2, -0.15) is 0 Å². The number of pyridine rings is 1. The minimum Gasteiger partial charge on any atom is -0.355 e. The zero-order valence-electron chi connectivity index (χ0n) is 14.6. The number of rotatable bonds is 7.